The van der Waals surface area contributed by atoms with E-state index in [0.717, 1.165) is 26.2 Å². The maximum absolute atomic E-state index is 5.70. The van der Waals surface area contributed by atoms with Gasteiger partial charge in [0.2, 0.25) is 0 Å². The zero-order valence-electron chi connectivity index (χ0n) is 10.3. The molecule has 0 saturated carbocycles. The van der Waals surface area contributed by atoms with Gasteiger partial charge in [-0.15, -0.1) is 0 Å². The molecule has 3 nitrogen and oxygen atoms in total. The second kappa shape index (κ2) is 8.07. The van der Waals surface area contributed by atoms with Crippen LogP contribution in [-0.2, 0) is 4.74 Å². The number of hydrogen-bond donors (Lipinski definition) is 1. The molecule has 0 spiro atoms. The highest BCUT2D eigenvalue weighted by Gasteiger charge is 2.23. The van der Waals surface area contributed by atoms with Crippen LogP contribution in [0.2, 0.25) is 0 Å². The van der Waals surface area contributed by atoms with Crippen molar-refractivity contribution in [1.82, 2.24) is 10.2 Å². The number of halogens is 1. The number of methoxy groups -OCH3 is 1. The van der Waals surface area contributed by atoms with Gasteiger partial charge in [-0.25, -0.2) is 0 Å². The molecular formula is C12H23ClN2O. The third-order valence-electron chi connectivity index (χ3n) is 3.00. The minimum Gasteiger partial charge on any atom is -0.383 e. The monoisotopic (exact) mass is 246 g/mol. The van der Waals surface area contributed by atoms with Crippen molar-refractivity contribution in [1.29, 1.82) is 0 Å². The first-order chi connectivity index (χ1) is 7.77. The summed E-state index contributed by atoms with van der Waals surface area (Å²) in [6.07, 6.45) is 2.59. The molecule has 1 aliphatic heterocycles. The van der Waals surface area contributed by atoms with Gasteiger partial charge in [0.05, 0.1) is 6.61 Å². The number of ether oxygens (including phenoxy) is 1. The summed E-state index contributed by atoms with van der Waals surface area (Å²) < 4.78 is 5.01. The maximum Gasteiger partial charge on any atom is 0.0587 e. The number of hydrogen-bond acceptors (Lipinski definition) is 3. The van der Waals surface area contributed by atoms with Crippen LogP contribution in [0.5, 0.6) is 0 Å². The van der Waals surface area contributed by atoms with E-state index >= 15 is 0 Å². The lowest BCUT2D eigenvalue weighted by molar-refractivity contribution is 0.193. The predicted molar refractivity (Wildman–Crippen MR) is 69.0 cm³/mol. The Balaban J connectivity index is 2.23. The van der Waals surface area contributed by atoms with Gasteiger partial charge < -0.3 is 10.1 Å². The van der Waals surface area contributed by atoms with Crippen LogP contribution in [-0.4, -0.2) is 50.8 Å². The first-order valence-electron chi connectivity index (χ1n) is 5.97. The molecule has 1 rings (SSSR count). The topological polar surface area (TPSA) is 24.5 Å². The molecule has 1 unspecified atom stereocenters. The zero-order chi connectivity index (χ0) is 11.8. The van der Waals surface area contributed by atoms with Crippen molar-refractivity contribution >= 4 is 11.6 Å². The second-order valence-corrected chi connectivity index (χ2v) is 4.64. The van der Waals surface area contributed by atoms with Gasteiger partial charge in [-0.1, -0.05) is 11.6 Å². The number of nitrogens with one attached hydrogen (secondary N) is 1. The van der Waals surface area contributed by atoms with Gasteiger partial charge in [0.1, 0.15) is 0 Å². The highest BCUT2D eigenvalue weighted by molar-refractivity contribution is 6.25. The molecule has 4 heteroatoms. The Morgan fingerprint density at radius 2 is 2.44 bits per heavy atom. The summed E-state index contributed by atoms with van der Waals surface area (Å²) in [5.74, 6) is 0. The van der Waals surface area contributed by atoms with Crippen molar-refractivity contribution in [2.75, 3.05) is 39.9 Å². The molecule has 0 aliphatic carbocycles. The largest absolute Gasteiger partial charge is 0.383 e. The Morgan fingerprint density at radius 3 is 3.12 bits per heavy atom. The van der Waals surface area contributed by atoms with E-state index in [0.29, 0.717) is 6.04 Å². The molecule has 1 atom stereocenters. The van der Waals surface area contributed by atoms with E-state index in [4.69, 9.17) is 16.3 Å². The van der Waals surface area contributed by atoms with Gasteiger partial charge in [0, 0.05) is 38.3 Å². The number of rotatable bonds is 7. The molecule has 16 heavy (non-hydrogen) atoms. The summed E-state index contributed by atoms with van der Waals surface area (Å²) in [5.41, 5.74) is 2.93. The van der Waals surface area contributed by atoms with Crippen LogP contribution in [0.3, 0.4) is 0 Å². The Hall–Kier alpha value is -0.0900. The van der Waals surface area contributed by atoms with E-state index in [-0.39, 0.29) is 0 Å². The SMILES string of the molecule is COCCNCC1CCCN1CC(C)=CCl. The predicted octanol–water partition coefficient (Wildman–Crippen LogP) is 1.83. The highest BCUT2D eigenvalue weighted by Crippen LogP contribution is 2.17. The van der Waals surface area contributed by atoms with E-state index in [1.807, 2.05) is 0 Å². The molecule has 0 radical (unpaired) electrons. The van der Waals surface area contributed by atoms with E-state index in [9.17, 15) is 0 Å². The third kappa shape index (κ3) is 4.83. The van der Waals surface area contributed by atoms with E-state index in [2.05, 4.69) is 17.1 Å². The van der Waals surface area contributed by atoms with Crippen LogP contribution in [0, 0.1) is 0 Å². The quantitative estimate of drug-likeness (QED) is 0.694. The van der Waals surface area contributed by atoms with Crippen LogP contribution in [0.15, 0.2) is 11.1 Å². The Morgan fingerprint density at radius 1 is 1.62 bits per heavy atom. The van der Waals surface area contributed by atoms with Crippen molar-refractivity contribution in [2.45, 2.75) is 25.8 Å². The van der Waals surface area contributed by atoms with Gasteiger partial charge in [-0.3, -0.25) is 4.90 Å². The fourth-order valence-electron chi connectivity index (χ4n) is 2.13. The van der Waals surface area contributed by atoms with E-state index < -0.39 is 0 Å². The van der Waals surface area contributed by atoms with Crippen LogP contribution in [0.1, 0.15) is 19.8 Å². The smallest absolute Gasteiger partial charge is 0.0587 e. The van der Waals surface area contributed by atoms with E-state index in [1.54, 1.807) is 12.6 Å². The summed E-state index contributed by atoms with van der Waals surface area (Å²) in [4.78, 5) is 2.51. The Bertz CT molecular complexity index is 221. The number of nitrogens with zero attached hydrogens (tertiary/aromatic N) is 1. The highest BCUT2D eigenvalue weighted by atomic mass is 35.5. The molecule has 1 fully saturated rings. The molecule has 0 bridgehead atoms. The summed E-state index contributed by atoms with van der Waals surface area (Å²) in [7, 11) is 1.73. The standard InChI is InChI=1S/C12H23ClN2O/c1-11(8-13)10-15-6-3-4-12(15)9-14-5-7-16-2/h8,12,14H,3-7,9-10H2,1-2H3. The lowest BCUT2D eigenvalue weighted by Gasteiger charge is -2.24. The van der Waals surface area contributed by atoms with Crippen molar-refractivity contribution < 1.29 is 4.74 Å². The van der Waals surface area contributed by atoms with Gasteiger partial charge >= 0.3 is 0 Å². The van der Waals surface area contributed by atoms with Gasteiger partial charge in [0.25, 0.3) is 0 Å². The maximum atomic E-state index is 5.70. The van der Waals surface area contributed by atoms with Crippen molar-refractivity contribution in [3.63, 3.8) is 0 Å². The first-order valence-corrected chi connectivity index (χ1v) is 6.41. The molecule has 0 aromatic heterocycles. The summed E-state index contributed by atoms with van der Waals surface area (Å²) in [6.45, 7) is 7.05. The molecule has 1 aliphatic rings. The minimum absolute atomic E-state index is 0.656. The van der Waals surface area contributed by atoms with Crippen LogP contribution >= 0.6 is 11.6 Å². The molecule has 1 N–H and O–H groups in total. The molecule has 0 aromatic rings. The average Bonchev–Trinajstić information content (AvgIpc) is 2.72. The van der Waals surface area contributed by atoms with Crippen molar-refractivity contribution in [2.24, 2.45) is 0 Å². The average molecular weight is 247 g/mol. The van der Waals surface area contributed by atoms with Crippen molar-refractivity contribution in [3.05, 3.63) is 11.1 Å². The van der Waals surface area contributed by atoms with Crippen LogP contribution < -0.4 is 5.32 Å². The van der Waals surface area contributed by atoms with Crippen molar-refractivity contribution in [3.8, 4) is 0 Å². The first kappa shape index (κ1) is 14.0. The second-order valence-electron chi connectivity index (χ2n) is 4.42. The van der Waals surface area contributed by atoms with Gasteiger partial charge in [-0.2, -0.15) is 0 Å². The fraction of sp³-hybridized carbons (Fsp3) is 0.833. The Labute approximate surface area is 104 Å². The Kier molecular flexibility index (Phi) is 7.05. The van der Waals surface area contributed by atoms with Crippen LogP contribution in [0.25, 0.3) is 0 Å². The third-order valence-corrected chi connectivity index (χ3v) is 3.37. The molecular weight excluding hydrogens is 224 g/mol. The molecule has 0 amide bonds. The number of likely N-dealkylation sites (tertiary alicyclic amines) is 1. The van der Waals surface area contributed by atoms with E-state index in [1.165, 1.54) is 25.0 Å². The summed E-state index contributed by atoms with van der Waals surface area (Å²) in [5, 5.41) is 3.43. The molecule has 1 heterocycles. The molecule has 1 saturated heterocycles. The zero-order valence-corrected chi connectivity index (χ0v) is 11.1. The fourth-order valence-corrected chi connectivity index (χ4v) is 2.20. The summed E-state index contributed by atoms with van der Waals surface area (Å²) >= 11 is 5.70. The molecule has 94 valence electrons. The lowest BCUT2D eigenvalue weighted by atomic mass is 10.2. The van der Waals surface area contributed by atoms with Gasteiger partial charge in [-0.05, 0) is 31.9 Å². The summed E-state index contributed by atoms with van der Waals surface area (Å²) in [6, 6.07) is 0.656. The lowest BCUT2D eigenvalue weighted by Crippen LogP contribution is -2.39. The van der Waals surface area contributed by atoms with Gasteiger partial charge in [0.15, 0.2) is 0 Å². The normalized spacial score (nSPS) is 22.9. The molecule has 0 aromatic carbocycles. The minimum atomic E-state index is 0.656. The van der Waals surface area contributed by atoms with Crippen LogP contribution in [0.4, 0.5) is 0 Å².